The molecule has 16 heavy (non-hydrogen) atoms. The van der Waals surface area contributed by atoms with Crippen molar-refractivity contribution in [3.05, 3.63) is 36.0 Å². The summed E-state index contributed by atoms with van der Waals surface area (Å²) in [5.74, 6) is 0. The summed E-state index contributed by atoms with van der Waals surface area (Å²) in [7, 11) is 0. The fourth-order valence-electron chi connectivity index (χ4n) is 1.52. The zero-order valence-electron chi connectivity index (χ0n) is 9.70. The Balaban J connectivity index is 2.29. The first-order valence-electron chi connectivity index (χ1n) is 5.26. The fourth-order valence-corrected chi connectivity index (χ4v) is 2.32. The van der Waals surface area contributed by atoms with Gasteiger partial charge in [0.25, 0.3) is 0 Å². The van der Waals surface area contributed by atoms with Gasteiger partial charge in [0.2, 0.25) is 5.12 Å². The van der Waals surface area contributed by atoms with Crippen LogP contribution in [0.3, 0.4) is 0 Å². The summed E-state index contributed by atoms with van der Waals surface area (Å²) in [5.41, 5.74) is 1.84. The van der Waals surface area contributed by atoms with Gasteiger partial charge in [0.15, 0.2) is 0 Å². The molecule has 2 nitrogen and oxygen atoms in total. The highest BCUT2D eigenvalue weighted by molar-refractivity contribution is 8.15. The number of nitrogens with one attached hydrogen (secondary N) is 1. The molecular weight excluding hydrogens is 218 g/mol. The lowest BCUT2D eigenvalue weighted by Crippen LogP contribution is -2.11. The first-order valence-corrected chi connectivity index (χ1v) is 6.08. The number of carbonyl (C=O) groups is 1. The maximum absolute atomic E-state index is 12.0. The van der Waals surface area contributed by atoms with Crippen LogP contribution >= 0.6 is 11.8 Å². The summed E-state index contributed by atoms with van der Waals surface area (Å²) in [5, 5.41) is 1.22. The summed E-state index contributed by atoms with van der Waals surface area (Å²) in [4.78, 5) is 15.1. The number of carbonyl (C=O) groups excluding carboxylic acids is 1. The second-order valence-electron chi connectivity index (χ2n) is 4.78. The Labute approximate surface area is 99.4 Å². The van der Waals surface area contributed by atoms with Crippen LogP contribution in [0.5, 0.6) is 0 Å². The summed E-state index contributed by atoms with van der Waals surface area (Å²) >= 11 is 1.37. The molecule has 1 heterocycles. The summed E-state index contributed by atoms with van der Waals surface area (Å²) < 4.78 is -0.0375. The van der Waals surface area contributed by atoms with Gasteiger partial charge >= 0.3 is 0 Å². The first-order chi connectivity index (χ1) is 7.46. The van der Waals surface area contributed by atoms with Gasteiger partial charge in [0.1, 0.15) is 0 Å². The molecule has 0 fully saturated rings. The van der Waals surface area contributed by atoms with Gasteiger partial charge in [-0.1, -0.05) is 32.5 Å². The Kier molecular flexibility index (Phi) is 2.80. The van der Waals surface area contributed by atoms with Crippen molar-refractivity contribution < 1.29 is 4.79 Å². The predicted molar refractivity (Wildman–Crippen MR) is 70.0 cm³/mol. The van der Waals surface area contributed by atoms with Crippen LogP contribution in [0.15, 0.2) is 30.5 Å². The van der Waals surface area contributed by atoms with Crippen molar-refractivity contribution in [3.8, 4) is 0 Å². The van der Waals surface area contributed by atoms with E-state index in [2.05, 4.69) is 4.98 Å². The van der Waals surface area contributed by atoms with Gasteiger partial charge in [0.05, 0.1) is 0 Å². The van der Waals surface area contributed by atoms with E-state index >= 15 is 0 Å². The number of hydrogen-bond acceptors (Lipinski definition) is 2. The van der Waals surface area contributed by atoms with Gasteiger partial charge < -0.3 is 4.98 Å². The van der Waals surface area contributed by atoms with Crippen molar-refractivity contribution in [2.45, 2.75) is 25.5 Å². The third-order valence-corrected chi connectivity index (χ3v) is 3.22. The van der Waals surface area contributed by atoms with Crippen molar-refractivity contribution in [1.29, 1.82) is 0 Å². The quantitative estimate of drug-likeness (QED) is 0.811. The van der Waals surface area contributed by atoms with E-state index < -0.39 is 0 Å². The van der Waals surface area contributed by atoms with Crippen molar-refractivity contribution in [2.24, 2.45) is 0 Å². The molecule has 84 valence electrons. The Morgan fingerprint density at radius 3 is 2.69 bits per heavy atom. The number of thioether (sulfide) groups is 1. The van der Waals surface area contributed by atoms with Crippen LogP contribution in [-0.2, 0) is 0 Å². The molecular formula is C13H15NOS. The van der Waals surface area contributed by atoms with Gasteiger partial charge in [-0.25, -0.2) is 0 Å². The summed E-state index contributed by atoms with van der Waals surface area (Å²) in [6.45, 7) is 6.14. The molecule has 0 aliphatic heterocycles. The molecule has 0 saturated carbocycles. The lowest BCUT2D eigenvalue weighted by Gasteiger charge is -2.15. The maximum Gasteiger partial charge on any atom is 0.219 e. The highest BCUT2D eigenvalue weighted by Crippen LogP contribution is 2.28. The first kappa shape index (κ1) is 11.3. The second-order valence-corrected chi connectivity index (χ2v) is 6.58. The number of benzene rings is 1. The van der Waals surface area contributed by atoms with Gasteiger partial charge in [-0.15, -0.1) is 0 Å². The smallest absolute Gasteiger partial charge is 0.219 e. The SMILES string of the molecule is CC(C)(C)SC(=O)c1ccc2[nH]ccc2c1. The minimum atomic E-state index is -0.0375. The van der Waals surface area contributed by atoms with E-state index in [1.807, 2.05) is 51.2 Å². The molecule has 0 amide bonds. The highest BCUT2D eigenvalue weighted by Gasteiger charge is 2.18. The largest absolute Gasteiger partial charge is 0.361 e. The lowest BCUT2D eigenvalue weighted by atomic mass is 10.2. The van der Waals surface area contributed by atoms with Crippen molar-refractivity contribution in [2.75, 3.05) is 0 Å². The van der Waals surface area contributed by atoms with Gasteiger partial charge in [-0.3, -0.25) is 4.79 Å². The van der Waals surface area contributed by atoms with Crippen LogP contribution in [0.2, 0.25) is 0 Å². The van der Waals surface area contributed by atoms with E-state index in [1.54, 1.807) is 0 Å². The van der Waals surface area contributed by atoms with Crippen LogP contribution in [0.1, 0.15) is 31.1 Å². The Morgan fingerprint density at radius 2 is 2.00 bits per heavy atom. The molecule has 0 aliphatic rings. The molecule has 2 aromatic rings. The standard InChI is InChI=1S/C13H15NOS/c1-13(2,3)16-12(15)10-4-5-11-9(8-10)6-7-14-11/h4-8,14H,1-3H3. The average Bonchev–Trinajstić information content (AvgIpc) is 2.61. The Bertz CT molecular complexity index is 522. The summed E-state index contributed by atoms with van der Waals surface area (Å²) in [6.07, 6.45) is 1.88. The molecule has 1 aromatic heterocycles. The fraction of sp³-hybridized carbons (Fsp3) is 0.308. The van der Waals surface area contributed by atoms with Crippen LogP contribution < -0.4 is 0 Å². The molecule has 0 aliphatic carbocycles. The van der Waals surface area contributed by atoms with Gasteiger partial charge in [0, 0.05) is 27.4 Å². The van der Waals surface area contributed by atoms with Crippen LogP contribution in [0.4, 0.5) is 0 Å². The predicted octanol–water partition coefficient (Wildman–Crippen LogP) is 3.84. The number of aromatic nitrogens is 1. The molecule has 0 bridgehead atoms. The summed E-state index contributed by atoms with van der Waals surface area (Å²) in [6, 6.07) is 7.74. The average molecular weight is 233 g/mol. The maximum atomic E-state index is 12.0. The van der Waals surface area contributed by atoms with Crippen LogP contribution in [0.25, 0.3) is 10.9 Å². The number of hydrogen-bond donors (Lipinski definition) is 1. The number of fused-ring (bicyclic) bond motifs is 1. The third kappa shape index (κ3) is 2.47. The monoisotopic (exact) mass is 233 g/mol. The Hall–Kier alpha value is -1.22. The second kappa shape index (κ2) is 3.98. The highest BCUT2D eigenvalue weighted by atomic mass is 32.2. The normalized spacial score (nSPS) is 11.9. The van der Waals surface area contributed by atoms with Gasteiger partial charge in [-0.2, -0.15) is 0 Å². The minimum Gasteiger partial charge on any atom is -0.361 e. The Morgan fingerprint density at radius 1 is 1.25 bits per heavy atom. The molecule has 2 rings (SSSR count). The molecule has 1 N–H and O–H groups in total. The molecule has 0 saturated heterocycles. The van der Waals surface area contributed by atoms with Crippen molar-refractivity contribution >= 4 is 27.8 Å². The topological polar surface area (TPSA) is 32.9 Å². The van der Waals surface area contributed by atoms with Crippen molar-refractivity contribution in [1.82, 2.24) is 4.98 Å². The molecule has 0 spiro atoms. The van der Waals surface area contributed by atoms with E-state index in [0.29, 0.717) is 0 Å². The van der Waals surface area contributed by atoms with Gasteiger partial charge in [-0.05, 0) is 24.3 Å². The van der Waals surface area contributed by atoms with E-state index in [-0.39, 0.29) is 9.86 Å². The number of aromatic amines is 1. The number of rotatable bonds is 1. The third-order valence-electron chi connectivity index (χ3n) is 2.19. The molecule has 1 aromatic carbocycles. The van der Waals surface area contributed by atoms with Crippen LogP contribution in [0, 0.1) is 0 Å². The molecule has 3 heteroatoms. The molecule has 0 unspecified atom stereocenters. The van der Waals surface area contributed by atoms with E-state index in [9.17, 15) is 4.79 Å². The van der Waals surface area contributed by atoms with Crippen molar-refractivity contribution in [3.63, 3.8) is 0 Å². The molecule has 0 atom stereocenters. The van der Waals surface area contributed by atoms with E-state index in [4.69, 9.17) is 0 Å². The van der Waals surface area contributed by atoms with E-state index in [1.165, 1.54) is 11.8 Å². The number of H-pyrrole nitrogens is 1. The van der Waals surface area contributed by atoms with E-state index in [0.717, 1.165) is 16.5 Å². The minimum absolute atomic E-state index is 0.0375. The zero-order valence-corrected chi connectivity index (χ0v) is 10.5. The molecule has 0 radical (unpaired) electrons. The zero-order chi connectivity index (χ0) is 11.8. The van der Waals surface area contributed by atoms with Crippen LogP contribution in [-0.4, -0.2) is 14.8 Å². The lowest BCUT2D eigenvalue weighted by molar-refractivity contribution is 0.108.